The highest BCUT2D eigenvalue weighted by Gasteiger charge is 2.48. The molecule has 1 heterocycles. The zero-order valence-electron chi connectivity index (χ0n) is 9.88. The minimum absolute atomic E-state index is 0.0877. The summed E-state index contributed by atoms with van der Waals surface area (Å²) in [5.41, 5.74) is 12.7. The number of nitrogens with two attached hydrogens (primary N) is 2. The number of nitrogens with zero attached hydrogens (tertiary/aromatic N) is 2. The number of primary amides is 1. The molecule has 0 aromatic heterocycles. The minimum Gasteiger partial charge on any atom is -0.369 e. The third kappa shape index (κ3) is 2.00. The van der Waals surface area contributed by atoms with Crippen molar-refractivity contribution in [1.29, 1.82) is 0 Å². The third-order valence-electron chi connectivity index (χ3n) is 3.48. The van der Waals surface area contributed by atoms with Crippen molar-refractivity contribution in [1.82, 2.24) is 0 Å². The molecule has 3 unspecified atom stereocenters. The van der Waals surface area contributed by atoms with Crippen LogP contribution in [0.15, 0.2) is 17.2 Å². The van der Waals surface area contributed by atoms with Gasteiger partial charge >= 0.3 is 0 Å². The van der Waals surface area contributed by atoms with Gasteiger partial charge in [-0.15, -0.1) is 0 Å². The van der Waals surface area contributed by atoms with Crippen molar-refractivity contribution in [2.75, 3.05) is 5.01 Å². The third-order valence-corrected chi connectivity index (χ3v) is 4.50. The van der Waals surface area contributed by atoms with Crippen LogP contribution in [0.3, 0.4) is 0 Å². The Kier molecular flexibility index (Phi) is 2.97. The Bertz CT molecular complexity index is 591. The molecule has 19 heavy (non-hydrogen) atoms. The van der Waals surface area contributed by atoms with E-state index in [0.717, 1.165) is 5.56 Å². The number of carbonyl (C=O) groups is 1. The molecule has 1 fully saturated rings. The lowest BCUT2D eigenvalue weighted by molar-refractivity contribution is -0.119. The first-order valence-corrected chi connectivity index (χ1v) is 6.94. The monoisotopic (exact) mass is 374 g/mol. The number of fused-ring (bicyclic) bond motifs is 1. The van der Waals surface area contributed by atoms with Crippen LogP contribution in [0.5, 0.6) is 0 Å². The molecular formula is C12H12FIN4O. The molecule has 3 atom stereocenters. The number of hydrazone groups is 1. The van der Waals surface area contributed by atoms with E-state index in [9.17, 15) is 9.18 Å². The standard InChI is InChI=1S/C12H12FIN4O/c13-7-2-1-5-8(15)4-17-18(11(5)10(7)14)9-3-6(9)12(16)19/h1-2,4,6,8-9H,3,15H2,(H2,16,19). The van der Waals surface area contributed by atoms with Crippen molar-refractivity contribution in [2.24, 2.45) is 22.5 Å². The van der Waals surface area contributed by atoms with Crippen molar-refractivity contribution < 1.29 is 9.18 Å². The number of rotatable bonds is 2. The van der Waals surface area contributed by atoms with E-state index in [0.29, 0.717) is 15.7 Å². The van der Waals surface area contributed by atoms with E-state index in [1.807, 2.05) is 22.6 Å². The van der Waals surface area contributed by atoms with Gasteiger partial charge in [-0.3, -0.25) is 9.80 Å². The smallest absolute Gasteiger partial charge is 0.222 e. The molecule has 5 nitrogen and oxygen atoms in total. The van der Waals surface area contributed by atoms with Crippen LogP contribution in [0.4, 0.5) is 10.1 Å². The van der Waals surface area contributed by atoms with Gasteiger partial charge in [-0.05, 0) is 35.1 Å². The summed E-state index contributed by atoms with van der Waals surface area (Å²) in [5.74, 6) is -0.883. The van der Waals surface area contributed by atoms with Gasteiger partial charge in [0.25, 0.3) is 0 Å². The van der Waals surface area contributed by atoms with Gasteiger partial charge < -0.3 is 11.5 Å². The Labute approximate surface area is 123 Å². The van der Waals surface area contributed by atoms with Gasteiger partial charge in [-0.2, -0.15) is 5.10 Å². The molecular weight excluding hydrogens is 362 g/mol. The molecule has 1 aromatic rings. The van der Waals surface area contributed by atoms with Crippen molar-refractivity contribution >= 4 is 40.4 Å². The highest BCUT2D eigenvalue weighted by Crippen LogP contribution is 2.44. The van der Waals surface area contributed by atoms with Crippen LogP contribution in [0.1, 0.15) is 18.0 Å². The van der Waals surface area contributed by atoms with Crippen LogP contribution in [-0.2, 0) is 4.79 Å². The van der Waals surface area contributed by atoms with Crippen LogP contribution in [-0.4, -0.2) is 18.2 Å². The molecule has 0 saturated heterocycles. The lowest BCUT2D eigenvalue weighted by atomic mass is 10.0. The fourth-order valence-electron chi connectivity index (χ4n) is 2.35. The van der Waals surface area contributed by atoms with E-state index >= 15 is 0 Å². The Morgan fingerprint density at radius 3 is 2.89 bits per heavy atom. The molecule has 0 spiro atoms. The van der Waals surface area contributed by atoms with E-state index in [4.69, 9.17) is 11.5 Å². The van der Waals surface area contributed by atoms with Crippen LogP contribution in [0.2, 0.25) is 0 Å². The molecule has 7 heteroatoms. The zero-order valence-corrected chi connectivity index (χ0v) is 12.0. The van der Waals surface area contributed by atoms with E-state index < -0.39 is 0 Å². The number of hydrogen-bond acceptors (Lipinski definition) is 4. The van der Waals surface area contributed by atoms with Crippen LogP contribution >= 0.6 is 22.6 Å². The van der Waals surface area contributed by atoms with Crippen LogP contribution in [0.25, 0.3) is 0 Å². The van der Waals surface area contributed by atoms with Gasteiger partial charge in [0.1, 0.15) is 5.82 Å². The highest BCUT2D eigenvalue weighted by molar-refractivity contribution is 14.1. The molecule has 1 amide bonds. The number of benzene rings is 1. The first-order valence-electron chi connectivity index (χ1n) is 5.87. The molecule has 2 aliphatic rings. The van der Waals surface area contributed by atoms with Crippen molar-refractivity contribution in [3.63, 3.8) is 0 Å². The minimum atomic E-state index is -0.355. The SMILES string of the molecule is NC(=O)C1CC1N1N=CC(N)c2ccc(F)c(I)c21. The molecule has 1 aliphatic carbocycles. The van der Waals surface area contributed by atoms with E-state index in [1.165, 1.54) is 6.07 Å². The topological polar surface area (TPSA) is 84.7 Å². The number of anilines is 1. The molecule has 1 saturated carbocycles. The van der Waals surface area contributed by atoms with Crippen LogP contribution < -0.4 is 16.5 Å². The quantitative estimate of drug-likeness (QED) is 0.761. The van der Waals surface area contributed by atoms with E-state index in [-0.39, 0.29) is 29.7 Å². The van der Waals surface area contributed by atoms with Crippen molar-refractivity contribution in [3.8, 4) is 0 Å². The van der Waals surface area contributed by atoms with Gasteiger partial charge in [-0.25, -0.2) is 4.39 Å². The lowest BCUT2D eigenvalue weighted by Gasteiger charge is -2.29. The average Bonchev–Trinajstić information content (AvgIpc) is 3.14. The maximum Gasteiger partial charge on any atom is 0.222 e. The maximum atomic E-state index is 13.7. The molecule has 0 bridgehead atoms. The largest absolute Gasteiger partial charge is 0.369 e. The first-order chi connectivity index (χ1) is 9.00. The van der Waals surface area contributed by atoms with Gasteiger partial charge in [0.05, 0.1) is 27.3 Å². The van der Waals surface area contributed by atoms with E-state index in [1.54, 1.807) is 17.3 Å². The van der Waals surface area contributed by atoms with Crippen LogP contribution in [0, 0.1) is 15.3 Å². The second-order valence-electron chi connectivity index (χ2n) is 4.75. The molecule has 4 N–H and O–H groups in total. The number of halogens is 2. The summed E-state index contributed by atoms with van der Waals surface area (Å²) in [5, 5.41) is 5.93. The van der Waals surface area contributed by atoms with Gasteiger partial charge in [0.15, 0.2) is 0 Å². The Morgan fingerprint density at radius 2 is 2.26 bits per heavy atom. The Morgan fingerprint density at radius 1 is 1.53 bits per heavy atom. The predicted octanol–water partition coefficient (Wildman–Crippen LogP) is 1.11. The molecule has 1 aromatic carbocycles. The molecule has 100 valence electrons. The maximum absolute atomic E-state index is 13.7. The fraction of sp³-hybridized carbons (Fsp3) is 0.333. The summed E-state index contributed by atoms with van der Waals surface area (Å²) in [6, 6.07) is 2.62. The lowest BCUT2D eigenvalue weighted by Crippen LogP contribution is -2.32. The summed E-state index contributed by atoms with van der Waals surface area (Å²) >= 11 is 1.94. The second kappa shape index (κ2) is 4.41. The number of carbonyl (C=O) groups excluding carboxylic acids is 1. The van der Waals surface area contributed by atoms with Gasteiger partial charge in [0, 0.05) is 11.8 Å². The molecule has 0 radical (unpaired) electrons. The van der Waals surface area contributed by atoms with Gasteiger partial charge in [-0.1, -0.05) is 6.07 Å². The number of hydrogen-bond donors (Lipinski definition) is 2. The summed E-state index contributed by atoms with van der Waals surface area (Å²) < 4.78 is 14.2. The zero-order chi connectivity index (χ0) is 13.7. The second-order valence-corrected chi connectivity index (χ2v) is 5.82. The van der Waals surface area contributed by atoms with Gasteiger partial charge in [0.2, 0.25) is 5.91 Å². The summed E-state index contributed by atoms with van der Waals surface area (Å²) in [4.78, 5) is 11.2. The highest BCUT2D eigenvalue weighted by atomic mass is 127. The number of amides is 1. The normalized spacial score (nSPS) is 28.2. The first kappa shape index (κ1) is 12.8. The predicted molar refractivity (Wildman–Crippen MR) is 78.1 cm³/mol. The Balaban J connectivity index is 2.04. The summed E-state index contributed by atoms with van der Waals surface area (Å²) in [6.45, 7) is 0. The molecule has 1 aliphatic heterocycles. The molecule has 3 rings (SSSR count). The van der Waals surface area contributed by atoms with E-state index in [2.05, 4.69) is 5.10 Å². The summed E-state index contributed by atoms with van der Waals surface area (Å²) in [6.07, 6.45) is 2.25. The fourth-order valence-corrected chi connectivity index (χ4v) is 3.09. The van der Waals surface area contributed by atoms with Crippen molar-refractivity contribution in [2.45, 2.75) is 18.5 Å². The van der Waals surface area contributed by atoms with Crippen molar-refractivity contribution in [3.05, 3.63) is 27.1 Å². The average molecular weight is 374 g/mol. The Hall–Kier alpha value is -1.22. The summed E-state index contributed by atoms with van der Waals surface area (Å²) in [7, 11) is 0.